The van der Waals surface area contributed by atoms with Crippen molar-refractivity contribution in [2.24, 2.45) is 0 Å². The lowest BCUT2D eigenvalue weighted by Crippen LogP contribution is -2.28. The van der Waals surface area contributed by atoms with E-state index >= 15 is 0 Å². The second-order valence-electron chi connectivity index (χ2n) is 4.77. The smallest absolute Gasteiger partial charge is 0.330 e. The molecular formula is C16H18N2O3. The van der Waals surface area contributed by atoms with Gasteiger partial charge in [-0.3, -0.25) is 9.69 Å². The van der Waals surface area contributed by atoms with Crippen molar-refractivity contribution >= 4 is 18.0 Å². The van der Waals surface area contributed by atoms with E-state index in [1.54, 1.807) is 24.1 Å². The predicted molar refractivity (Wildman–Crippen MR) is 79.6 cm³/mol. The van der Waals surface area contributed by atoms with Gasteiger partial charge in [0.2, 0.25) is 5.91 Å². The van der Waals surface area contributed by atoms with Gasteiger partial charge >= 0.3 is 5.97 Å². The van der Waals surface area contributed by atoms with Crippen LogP contribution in [0.2, 0.25) is 0 Å². The van der Waals surface area contributed by atoms with Gasteiger partial charge < -0.3 is 9.64 Å². The zero-order valence-corrected chi connectivity index (χ0v) is 12.2. The summed E-state index contributed by atoms with van der Waals surface area (Å²) in [6, 6.07) is 7.89. The molecule has 0 saturated heterocycles. The average molecular weight is 286 g/mol. The number of amides is 1. The Morgan fingerprint density at radius 2 is 1.95 bits per heavy atom. The van der Waals surface area contributed by atoms with Gasteiger partial charge in [-0.2, -0.15) is 0 Å². The van der Waals surface area contributed by atoms with Gasteiger partial charge in [-0.15, -0.1) is 0 Å². The molecule has 1 aliphatic rings. The highest BCUT2D eigenvalue weighted by molar-refractivity contribution is 5.86. The number of ether oxygens (including phenoxy) is 1. The molecule has 5 heteroatoms. The number of rotatable bonds is 4. The van der Waals surface area contributed by atoms with Crippen molar-refractivity contribution in [2.75, 3.05) is 13.8 Å². The fourth-order valence-corrected chi connectivity index (χ4v) is 1.97. The fourth-order valence-electron chi connectivity index (χ4n) is 1.97. The molecule has 5 nitrogen and oxygen atoms in total. The molecule has 1 heterocycles. The summed E-state index contributed by atoms with van der Waals surface area (Å²) < 4.78 is 4.54. The lowest BCUT2D eigenvalue weighted by molar-refractivity contribution is -0.134. The average Bonchev–Trinajstić information content (AvgIpc) is 2.95. The van der Waals surface area contributed by atoms with Crippen molar-refractivity contribution in [1.82, 2.24) is 9.80 Å². The van der Waals surface area contributed by atoms with Crippen LogP contribution in [0.5, 0.6) is 0 Å². The van der Waals surface area contributed by atoms with E-state index in [0.29, 0.717) is 6.67 Å². The van der Waals surface area contributed by atoms with E-state index in [9.17, 15) is 9.59 Å². The molecule has 0 atom stereocenters. The molecule has 0 bridgehead atoms. The summed E-state index contributed by atoms with van der Waals surface area (Å²) in [7, 11) is 1.35. The fraction of sp³-hybridized carbons (Fsp3) is 0.250. The Hall–Kier alpha value is -2.56. The molecule has 0 aromatic heterocycles. The largest absolute Gasteiger partial charge is 0.466 e. The second kappa shape index (κ2) is 6.74. The van der Waals surface area contributed by atoms with Crippen molar-refractivity contribution in [3.63, 3.8) is 0 Å². The van der Waals surface area contributed by atoms with Crippen LogP contribution in [0.4, 0.5) is 0 Å². The van der Waals surface area contributed by atoms with Gasteiger partial charge in [0.05, 0.1) is 13.8 Å². The molecule has 0 aliphatic carbocycles. The molecule has 0 N–H and O–H groups in total. The highest BCUT2D eigenvalue weighted by Crippen LogP contribution is 2.13. The van der Waals surface area contributed by atoms with E-state index in [1.807, 2.05) is 30.5 Å². The zero-order valence-electron chi connectivity index (χ0n) is 12.2. The van der Waals surface area contributed by atoms with Crippen LogP contribution in [-0.2, 0) is 20.9 Å². The summed E-state index contributed by atoms with van der Waals surface area (Å²) in [5.74, 6) is -0.331. The van der Waals surface area contributed by atoms with E-state index in [1.165, 1.54) is 13.2 Å². The topological polar surface area (TPSA) is 49.9 Å². The minimum absolute atomic E-state index is 0.0389. The second-order valence-corrected chi connectivity index (χ2v) is 4.77. The van der Waals surface area contributed by atoms with E-state index in [-0.39, 0.29) is 11.9 Å². The minimum Gasteiger partial charge on any atom is -0.466 e. The molecule has 0 unspecified atom stereocenters. The quantitative estimate of drug-likeness (QED) is 0.627. The number of carbonyl (C=O) groups excluding carboxylic acids is 2. The van der Waals surface area contributed by atoms with Crippen molar-refractivity contribution < 1.29 is 14.3 Å². The summed E-state index contributed by atoms with van der Waals surface area (Å²) in [5, 5.41) is 0. The molecule has 1 aromatic carbocycles. The maximum atomic E-state index is 11.2. The molecule has 1 aromatic rings. The molecule has 2 rings (SSSR count). The number of methoxy groups -OCH3 is 1. The van der Waals surface area contributed by atoms with E-state index in [2.05, 4.69) is 9.64 Å². The van der Waals surface area contributed by atoms with Crippen LogP contribution in [0.15, 0.2) is 42.7 Å². The molecule has 0 fully saturated rings. The van der Waals surface area contributed by atoms with Crippen molar-refractivity contribution in [2.45, 2.75) is 13.5 Å². The van der Waals surface area contributed by atoms with Crippen molar-refractivity contribution in [1.29, 1.82) is 0 Å². The molecule has 21 heavy (non-hydrogen) atoms. The van der Waals surface area contributed by atoms with Crippen LogP contribution in [0.1, 0.15) is 18.1 Å². The van der Waals surface area contributed by atoms with Crippen LogP contribution < -0.4 is 0 Å². The first kappa shape index (κ1) is 14.8. The van der Waals surface area contributed by atoms with E-state index in [0.717, 1.165) is 17.7 Å². The first-order valence-corrected chi connectivity index (χ1v) is 6.63. The Morgan fingerprint density at radius 3 is 2.52 bits per heavy atom. The monoisotopic (exact) mass is 286 g/mol. The Labute approximate surface area is 124 Å². The van der Waals surface area contributed by atoms with Gasteiger partial charge in [-0.1, -0.05) is 24.3 Å². The third-order valence-corrected chi connectivity index (χ3v) is 3.17. The molecular weight excluding hydrogens is 268 g/mol. The molecule has 1 aliphatic heterocycles. The number of esters is 1. The summed E-state index contributed by atoms with van der Waals surface area (Å²) in [5.41, 5.74) is 2.08. The molecule has 0 spiro atoms. The normalized spacial score (nSPS) is 14.0. The van der Waals surface area contributed by atoms with Gasteiger partial charge in [0, 0.05) is 31.9 Å². The molecule has 0 saturated carbocycles. The Kier molecular flexibility index (Phi) is 4.77. The molecule has 0 radical (unpaired) electrons. The third kappa shape index (κ3) is 4.21. The zero-order chi connectivity index (χ0) is 15.2. The number of carbonyl (C=O) groups is 2. The van der Waals surface area contributed by atoms with Crippen LogP contribution in [0.3, 0.4) is 0 Å². The minimum atomic E-state index is -0.370. The highest BCUT2D eigenvalue weighted by atomic mass is 16.5. The SMILES string of the molecule is COC(=O)C=Cc1ccc(CN2C=CN(C(C)=O)C2)cc1. The number of nitrogens with zero attached hydrogens (tertiary/aromatic N) is 2. The Balaban J connectivity index is 1.92. The van der Waals surface area contributed by atoms with Gasteiger partial charge in [-0.25, -0.2) is 4.79 Å². The Bertz CT molecular complexity index is 576. The Morgan fingerprint density at radius 1 is 1.24 bits per heavy atom. The summed E-state index contributed by atoms with van der Waals surface area (Å²) >= 11 is 0. The number of hydrogen-bond acceptors (Lipinski definition) is 4. The van der Waals surface area contributed by atoms with E-state index < -0.39 is 0 Å². The van der Waals surface area contributed by atoms with E-state index in [4.69, 9.17) is 0 Å². The number of benzene rings is 1. The maximum Gasteiger partial charge on any atom is 0.330 e. The lowest BCUT2D eigenvalue weighted by Gasteiger charge is -2.19. The molecule has 110 valence electrons. The summed E-state index contributed by atoms with van der Waals surface area (Å²) in [6.07, 6.45) is 6.80. The van der Waals surface area contributed by atoms with Crippen LogP contribution in [-0.4, -0.2) is 35.5 Å². The van der Waals surface area contributed by atoms with Crippen molar-refractivity contribution in [3.05, 3.63) is 53.9 Å². The summed E-state index contributed by atoms with van der Waals surface area (Å²) in [6.45, 7) is 2.87. The highest BCUT2D eigenvalue weighted by Gasteiger charge is 2.15. The lowest BCUT2D eigenvalue weighted by atomic mass is 10.1. The summed E-state index contributed by atoms with van der Waals surface area (Å²) in [4.78, 5) is 26.0. The maximum absolute atomic E-state index is 11.2. The van der Waals surface area contributed by atoms with Crippen LogP contribution in [0, 0.1) is 0 Å². The molecule has 1 amide bonds. The van der Waals surface area contributed by atoms with Gasteiger partial charge in [0.25, 0.3) is 0 Å². The third-order valence-electron chi connectivity index (χ3n) is 3.17. The van der Waals surface area contributed by atoms with Gasteiger partial charge in [0.1, 0.15) is 0 Å². The first-order chi connectivity index (χ1) is 10.1. The number of hydrogen-bond donors (Lipinski definition) is 0. The van der Waals surface area contributed by atoms with Crippen molar-refractivity contribution in [3.8, 4) is 0 Å². The van der Waals surface area contributed by atoms with Gasteiger partial charge in [0.15, 0.2) is 0 Å². The predicted octanol–water partition coefficient (Wildman–Crippen LogP) is 1.97. The first-order valence-electron chi connectivity index (χ1n) is 6.63. The standard InChI is InChI=1S/C16H18N2O3/c1-13(19)18-10-9-17(12-18)11-15-5-3-14(4-6-15)7-8-16(20)21-2/h3-10H,11-12H2,1-2H3. The van der Waals surface area contributed by atoms with Crippen LogP contribution in [0.25, 0.3) is 6.08 Å². The van der Waals surface area contributed by atoms with Gasteiger partial charge in [-0.05, 0) is 17.2 Å². The van der Waals surface area contributed by atoms with Crippen LogP contribution >= 0.6 is 0 Å².